The predicted molar refractivity (Wildman–Crippen MR) is 34.5 cm³/mol. The Morgan fingerprint density at radius 2 is 2.12 bits per heavy atom. The first kappa shape index (κ1) is 6.05. The highest BCUT2D eigenvalue weighted by atomic mass is 15.5. The van der Waals surface area contributed by atoms with E-state index in [1.807, 2.05) is 0 Å². The Morgan fingerprint density at radius 1 is 1.25 bits per heavy atom. The van der Waals surface area contributed by atoms with Crippen molar-refractivity contribution in [3.63, 3.8) is 0 Å². The number of hydrogen-bond acceptors (Lipinski definition) is 2. The highest BCUT2D eigenvalue weighted by Gasteiger charge is 2.00. The van der Waals surface area contributed by atoms with Crippen molar-refractivity contribution >= 4 is 0 Å². The van der Waals surface area contributed by atoms with Crippen molar-refractivity contribution in [1.82, 2.24) is 10.4 Å². The van der Waals surface area contributed by atoms with Crippen molar-refractivity contribution in [1.29, 1.82) is 0 Å². The molecule has 1 N–H and O–H groups in total. The Balaban J connectivity index is 2.17. The van der Waals surface area contributed by atoms with Gasteiger partial charge in [0.05, 0.1) is 0 Å². The van der Waals surface area contributed by atoms with Gasteiger partial charge in [0, 0.05) is 20.1 Å². The first-order chi connectivity index (χ1) is 3.89. The molecule has 1 aliphatic rings. The Labute approximate surface area is 50.8 Å². The fraction of sp³-hybridized carbons (Fsp3) is 1.00. The lowest BCUT2D eigenvalue weighted by atomic mass is 10.2. The molecule has 1 rings (SSSR count). The van der Waals surface area contributed by atoms with Crippen molar-refractivity contribution < 1.29 is 0 Å². The average molecular weight is 114 g/mol. The molecule has 0 spiro atoms. The van der Waals surface area contributed by atoms with E-state index in [0.29, 0.717) is 0 Å². The lowest BCUT2D eigenvalue weighted by molar-refractivity contribution is 0.253. The van der Waals surface area contributed by atoms with Gasteiger partial charge < -0.3 is 0 Å². The monoisotopic (exact) mass is 114 g/mol. The van der Waals surface area contributed by atoms with Crippen LogP contribution >= 0.6 is 0 Å². The minimum absolute atomic E-state index is 1.16. The standard InChI is InChI=1S/C6H14N2/c1-8-6-4-2-3-5-7-8/h7H,2-6H2,1H3. The van der Waals surface area contributed by atoms with Crippen LogP contribution in [0.5, 0.6) is 0 Å². The second-order valence-electron chi connectivity index (χ2n) is 2.39. The number of nitrogens with zero attached hydrogens (tertiary/aromatic N) is 1. The van der Waals surface area contributed by atoms with Crippen LogP contribution in [-0.2, 0) is 0 Å². The van der Waals surface area contributed by atoms with Gasteiger partial charge in [0.25, 0.3) is 0 Å². The summed E-state index contributed by atoms with van der Waals surface area (Å²) in [5.74, 6) is 0. The fourth-order valence-corrected chi connectivity index (χ4v) is 1.000. The first-order valence-corrected chi connectivity index (χ1v) is 3.34. The average Bonchev–Trinajstić information content (AvgIpc) is 1.94. The molecule has 0 aliphatic carbocycles. The first-order valence-electron chi connectivity index (χ1n) is 3.34. The summed E-state index contributed by atoms with van der Waals surface area (Å²) < 4.78 is 0. The van der Waals surface area contributed by atoms with E-state index in [2.05, 4.69) is 17.5 Å². The maximum atomic E-state index is 3.28. The zero-order chi connectivity index (χ0) is 5.82. The van der Waals surface area contributed by atoms with E-state index in [-0.39, 0.29) is 0 Å². The van der Waals surface area contributed by atoms with Crippen LogP contribution in [0.25, 0.3) is 0 Å². The van der Waals surface area contributed by atoms with E-state index < -0.39 is 0 Å². The summed E-state index contributed by atoms with van der Waals surface area (Å²) in [4.78, 5) is 0. The summed E-state index contributed by atoms with van der Waals surface area (Å²) in [6, 6.07) is 0. The zero-order valence-electron chi connectivity index (χ0n) is 5.48. The van der Waals surface area contributed by atoms with Gasteiger partial charge in [-0.3, -0.25) is 5.43 Å². The molecule has 0 amide bonds. The second kappa shape index (κ2) is 3.05. The van der Waals surface area contributed by atoms with Crippen LogP contribution in [0.4, 0.5) is 0 Å². The molecular formula is C6H14N2. The molecule has 1 saturated heterocycles. The highest BCUT2D eigenvalue weighted by molar-refractivity contribution is 4.53. The van der Waals surface area contributed by atoms with E-state index >= 15 is 0 Å². The largest absolute Gasteiger partial charge is 0.255 e. The van der Waals surface area contributed by atoms with Gasteiger partial charge in [0.2, 0.25) is 0 Å². The lowest BCUT2D eigenvalue weighted by Gasteiger charge is -2.12. The van der Waals surface area contributed by atoms with Gasteiger partial charge in [0.15, 0.2) is 0 Å². The van der Waals surface area contributed by atoms with Crippen molar-refractivity contribution in [2.75, 3.05) is 20.1 Å². The Kier molecular flexibility index (Phi) is 2.30. The van der Waals surface area contributed by atoms with Crippen molar-refractivity contribution in [3.05, 3.63) is 0 Å². The highest BCUT2D eigenvalue weighted by Crippen LogP contribution is 1.98. The number of nitrogens with one attached hydrogen (secondary N) is 1. The quantitative estimate of drug-likeness (QED) is 0.496. The molecule has 8 heavy (non-hydrogen) atoms. The van der Waals surface area contributed by atoms with Gasteiger partial charge in [-0.1, -0.05) is 6.42 Å². The van der Waals surface area contributed by atoms with Gasteiger partial charge in [-0.05, 0) is 12.8 Å². The Bertz CT molecular complexity index is 55.5. The molecule has 0 aromatic heterocycles. The normalized spacial score (nSPS) is 25.1. The van der Waals surface area contributed by atoms with Crippen molar-refractivity contribution in [3.8, 4) is 0 Å². The molecule has 0 unspecified atom stereocenters. The predicted octanol–water partition coefficient (Wildman–Crippen LogP) is 0.607. The molecule has 0 bridgehead atoms. The van der Waals surface area contributed by atoms with E-state index in [9.17, 15) is 0 Å². The van der Waals surface area contributed by atoms with Crippen LogP contribution in [0.3, 0.4) is 0 Å². The fourth-order valence-electron chi connectivity index (χ4n) is 1.000. The van der Waals surface area contributed by atoms with Crippen LogP contribution in [0, 0.1) is 0 Å². The van der Waals surface area contributed by atoms with Gasteiger partial charge in [0.1, 0.15) is 0 Å². The van der Waals surface area contributed by atoms with E-state index in [0.717, 1.165) is 6.54 Å². The molecule has 2 nitrogen and oxygen atoms in total. The summed E-state index contributed by atoms with van der Waals surface area (Å²) in [7, 11) is 2.10. The molecule has 0 saturated carbocycles. The maximum absolute atomic E-state index is 3.28. The van der Waals surface area contributed by atoms with Crippen molar-refractivity contribution in [2.45, 2.75) is 19.3 Å². The third kappa shape index (κ3) is 1.80. The molecule has 1 heterocycles. The van der Waals surface area contributed by atoms with Crippen LogP contribution in [-0.4, -0.2) is 25.1 Å². The van der Waals surface area contributed by atoms with Gasteiger partial charge in [-0.15, -0.1) is 0 Å². The topological polar surface area (TPSA) is 15.3 Å². The summed E-state index contributed by atoms with van der Waals surface area (Å²) in [5, 5.41) is 2.17. The Morgan fingerprint density at radius 3 is 3.00 bits per heavy atom. The zero-order valence-corrected chi connectivity index (χ0v) is 5.48. The molecule has 0 aromatic rings. The molecule has 1 aliphatic heterocycles. The summed E-state index contributed by atoms with van der Waals surface area (Å²) >= 11 is 0. The summed E-state index contributed by atoms with van der Waals surface area (Å²) in [5.41, 5.74) is 3.28. The molecule has 0 atom stereocenters. The van der Waals surface area contributed by atoms with Crippen LogP contribution in [0.2, 0.25) is 0 Å². The lowest BCUT2D eigenvalue weighted by Crippen LogP contribution is -2.33. The minimum atomic E-state index is 1.16. The minimum Gasteiger partial charge on any atom is -0.255 e. The Hall–Kier alpha value is -0.0800. The molecule has 0 aromatic carbocycles. The maximum Gasteiger partial charge on any atom is 0.0127 e. The molecule has 0 radical (unpaired) electrons. The van der Waals surface area contributed by atoms with Gasteiger partial charge >= 0.3 is 0 Å². The third-order valence-corrected chi connectivity index (χ3v) is 1.55. The van der Waals surface area contributed by atoms with Crippen LogP contribution in [0.15, 0.2) is 0 Å². The van der Waals surface area contributed by atoms with Crippen LogP contribution < -0.4 is 5.43 Å². The molecular weight excluding hydrogens is 100 g/mol. The molecule has 48 valence electrons. The number of rotatable bonds is 0. The molecule has 1 fully saturated rings. The van der Waals surface area contributed by atoms with E-state index in [1.54, 1.807) is 0 Å². The molecule has 2 heteroatoms. The summed E-state index contributed by atoms with van der Waals surface area (Å²) in [6.45, 7) is 2.37. The van der Waals surface area contributed by atoms with Crippen LogP contribution in [0.1, 0.15) is 19.3 Å². The number of hydrazine groups is 1. The third-order valence-electron chi connectivity index (χ3n) is 1.55. The van der Waals surface area contributed by atoms with Gasteiger partial charge in [-0.25, -0.2) is 5.01 Å². The van der Waals surface area contributed by atoms with Gasteiger partial charge in [-0.2, -0.15) is 0 Å². The van der Waals surface area contributed by atoms with Crippen molar-refractivity contribution in [2.24, 2.45) is 0 Å². The SMILES string of the molecule is CN1CCCCCN1. The van der Waals surface area contributed by atoms with E-state index in [4.69, 9.17) is 0 Å². The van der Waals surface area contributed by atoms with E-state index in [1.165, 1.54) is 25.8 Å². The smallest absolute Gasteiger partial charge is 0.0127 e. The number of hydrogen-bond donors (Lipinski definition) is 1. The summed E-state index contributed by atoms with van der Waals surface area (Å²) in [6.07, 6.45) is 4.07. The second-order valence-corrected chi connectivity index (χ2v) is 2.39.